The number of methoxy groups -OCH3 is 1. The fourth-order valence-electron chi connectivity index (χ4n) is 7.84. The van der Waals surface area contributed by atoms with E-state index in [1.807, 2.05) is 44.8 Å². The van der Waals surface area contributed by atoms with Gasteiger partial charge < -0.3 is 38.8 Å². The number of hydrogen-bond acceptors (Lipinski definition) is 11. The van der Waals surface area contributed by atoms with Crippen molar-refractivity contribution < 1.29 is 38.4 Å². The molecule has 9 atom stereocenters. The molecule has 278 valence electrons. The zero-order valence-electron chi connectivity index (χ0n) is 31.9. The Labute approximate surface area is 289 Å². The van der Waals surface area contributed by atoms with Crippen LogP contribution in [-0.2, 0) is 33.3 Å². The van der Waals surface area contributed by atoms with Gasteiger partial charge in [-0.3, -0.25) is 19.3 Å². The summed E-state index contributed by atoms with van der Waals surface area (Å²) >= 11 is 0. The fraction of sp³-hybridized carbons (Fsp3) is 0.917. The molecule has 1 N–H and O–H groups in total. The molecule has 0 spiro atoms. The average Bonchev–Trinajstić information content (AvgIpc) is 3.00. The van der Waals surface area contributed by atoms with Gasteiger partial charge in [-0.05, 0) is 94.2 Å². The van der Waals surface area contributed by atoms with Gasteiger partial charge in [-0.15, -0.1) is 0 Å². The number of aliphatic hydroxyl groups excluding tert-OH is 1. The molecule has 0 unspecified atom stereocenters. The largest absolute Gasteiger partial charge is 0.463 e. The first-order valence-electron chi connectivity index (χ1n) is 17.9. The third-order valence-electron chi connectivity index (χ3n) is 11.2. The maximum Gasteiger partial charge on any atom is 0.319 e. The Balaban J connectivity index is 1.85. The molecular formula is C36H66N4O8. The first kappa shape index (κ1) is 40.8. The van der Waals surface area contributed by atoms with E-state index in [0.29, 0.717) is 38.9 Å². The third kappa shape index (κ3) is 9.56. The number of carbonyl (C=O) groups excluding carboxylic acids is 3. The van der Waals surface area contributed by atoms with Crippen molar-refractivity contribution in [2.45, 2.75) is 116 Å². The summed E-state index contributed by atoms with van der Waals surface area (Å²) in [5.41, 5.74) is -2.42. The van der Waals surface area contributed by atoms with Gasteiger partial charge in [0.05, 0.1) is 17.8 Å². The molecule has 0 aliphatic carbocycles. The van der Waals surface area contributed by atoms with Crippen LogP contribution in [0.5, 0.6) is 0 Å². The highest BCUT2D eigenvalue weighted by Crippen LogP contribution is 2.38. The summed E-state index contributed by atoms with van der Waals surface area (Å²) < 4.78 is 24.9. The number of esters is 1. The number of carbonyl (C=O) groups is 3. The van der Waals surface area contributed by atoms with Crippen LogP contribution in [0, 0.1) is 23.2 Å². The number of aliphatic hydroxyl groups is 1. The highest BCUT2D eigenvalue weighted by molar-refractivity contribution is 6.04. The fourth-order valence-corrected chi connectivity index (χ4v) is 7.84. The predicted molar refractivity (Wildman–Crippen MR) is 184 cm³/mol. The molecule has 3 saturated heterocycles. The van der Waals surface area contributed by atoms with Crippen LogP contribution in [0.4, 0.5) is 0 Å². The number of hydrogen-bond donors (Lipinski definition) is 1. The monoisotopic (exact) mass is 682 g/mol. The average molecular weight is 683 g/mol. The van der Waals surface area contributed by atoms with Gasteiger partial charge in [-0.1, -0.05) is 20.8 Å². The van der Waals surface area contributed by atoms with Gasteiger partial charge in [0.15, 0.2) is 12.1 Å². The standard InChI is InChI=1S/C36H66N4O8/c1-13-38(10)16-14-15-29(41)40-20-26(21-40)28-22-46-34(44)35(5,6)31(43)25(4)32(36(7,45-12)18-23(2)19-39(28)11)48-33-30(42)27(37(8)9)17-24(3)47-33/h23-28,30,32-33,42H,13-22H2,1-12H3/t23-,24-,25+,27+,28+,30-,32-,33+,36-/m1/s1. The van der Waals surface area contributed by atoms with Crippen molar-refractivity contribution in [3.05, 3.63) is 0 Å². The Morgan fingerprint density at radius 1 is 1.08 bits per heavy atom. The highest BCUT2D eigenvalue weighted by Gasteiger charge is 2.52. The molecule has 0 radical (unpaired) electrons. The summed E-state index contributed by atoms with van der Waals surface area (Å²) in [6, 6.07) is -0.309. The molecule has 0 saturated carbocycles. The van der Waals surface area contributed by atoms with Crippen LogP contribution in [-0.4, -0.2) is 159 Å². The number of rotatable bonds is 10. The van der Waals surface area contributed by atoms with Crippen LogP contribution >= 0.6 is 0 Å². The van der Waals surface area contributed by atoms with Crippen LogP contribution in [0.2, 0.25) is 0 Å². The van der Waals surface area contributed by atoms with Crippen LogP contribution < -0.4 is 0 Å². The van der Waals surface area contributed by atoms with E-state index in [-0.39, 0.29) is 48.3 Å². The summed E-state index contributed by atoms with van der Waals surface area (Å²) in [6.07, 6.45) is -0.391. The molecule has 0 aromatic carbocycles. The molecule has 3 heterocycles. The number of ether oxygens (including phenoxy) is 4. The number of cyclic esters (lactones) is 1. The van der Waals surface area contributed by atoms with Gasteiger partial charge in [0, 0.05) is 57.1 Å². The highest BCUT2D eigenvalue weighted by atomic mass is 16.7. The van der Waals surface area contributed by atoms with Crippen LogP contribution in [0.25, 0.3) is 0 Å². The second-order valence-electron chi connectivity index (χ2n) is 15.9. The lowest BCUT2D eigenvalue weighted by Gasteiger charge is -2.47. The van der Waals surface area contributed by atoms with Crippen molar-refractivity contribution in [2.24, 2.45) is 23.2 Å². The molecule has 3 rings (SSSR count). The topological polar surface area (TPSA) is 121 Å². The molecule has 48 heavy (non-hydrogen) atoms. The summed E-state index contributed by atoms with van der Waals surface area (Å²) in [6.45, 7) is 17.0. The zero-order chi connectivity index (χ0) is 36.1. The van der Waals surface area contributed by atoms with E-state index in [4.69, 9.17) is 18.9 Å². The minimum Gasteiger partial charge on any atom is -0.463 e. The molecule has 12 heteroatoms. The van der Waals surface area contributed by atoms with Crippen LogP contribution in [0.3, 0.4) is 0 Å². The van der Waals surface area contributed by atoms with Crippen molar-refractivity contribution in [1.29, 1.82) is 0 Å². The van der Waals surface area contributed by atoms with E-state index in [1.165, 1.54) is 0 Å². The van der Waals surface area contributed by atoms with E-state index in [0.717, 1.165) is 19.5 Å². The van der Waals surface area contributed by atoms with Gasteiger partial charge in [-0.2, -0.15) is 0 Å². The molecule has 0 aromatic rings. The summed E-state index contributed by atoms with van der Waals surface area (Å²) in [7, 11) is 9.54. The van der Waals surface area contributed by atoms with E-state index in [1.54, 1.807) is 27.9 Å². The molecule has 3 fully saturated rings. The summed E-state index contributed by atoms with van der Waals surface area (Å²) in [4.78, 5) is 49.1. The molecule has 0 bridgehead atoms. The van der Waals surface area contributed by atoms with Gasteiger partial charge in [0.1, 0.15) is 18.1 Å². The Morgan fingerprint density at radius 3 is 2.31 bits per heavy atom. The quantitative estimate of drug-likeness (QED) is 0.270. The van der Waals surface area contributed by atoms with Crippen molar-refractivity contribution in [3.8, 4) is 0 Å². The van der Waals surface area contributed by atoms with Crippen LogP contribution in [0.15, 0.2) is 0 Å². The van der Waals surface area contributed by atoms with Crippen molar-refractivity contribution >= 4 is 17.7 Å². The number of likely N-dealkylation sites (N-methyl/N-ethyl adjacent to an activating group) is 2. The number of ketones is 1. The number of likely N-dealkylation sites (tertiary alicyclic amines) is 1. The smallest absolute Gasteiger partial charge is 0.319 e. The van der Waals surface area contributed by atoms with E-state index < -0.39 is 41.4 Å². The lowest BCUT2D eigenvalue weighted by atomic mass is 9.74. The molecular weight excluding hydrogens is 616 g/mol. The molecule has 1 amide bonds. The second-order valence-corrected chi connectivity index (χ2v) is 15.9. The minimum atomic E-state index is -1.46. The third-order valence-corrected chi connectivity index (χ3v) is 11.2. The van der Waals surface area contributed by atoms with E-state index in [9.17, 15) is 19.5 Å². The Morgan fingerprint density at radius 2 is 1.73 bits per heavy atom. The predicted octanol–water partition coefficient (Wildman–Crippen LogP) is 2.51. The van der Waals surface area contributed by atoms with E-state index in [2.05, 4.69) is 30.7 Å². The number of amides is 1. The minimum absolute atomic E-state index is 0.0966. The van der Waals surface area contributed by atoms with Gasteiger partial charge in [0.25, 0.3) is 0 Å². The maximum absolute atomic E-state index is 14.2. The Kier molecular flexibility index (Phi) is 14.5. The van der Waals surface area contributed by atoms with Gasteiger partial charge in [-0.25, -0.2) is 0 Å². The molecule has 3 aliphatic rings. The Bertz CT molecular complexity index is 1080. The zero-order valence-corrected chi connectivity index (χ0v) is 31.9. The van der Waals surface area contributed by atoms with Gasteiger partial charge >= 0.3 is 5.97 Å². The van der Waals surface area contributed by atoms with Crippen molar-refractivity contribution in [3.63, 3.8) is 0 Å². The number of nitrogens with zero attached hydrogens (tertiary/aromatic N) is 4. The van der Waals surface area contributed by atoms with Crippen molar-refractivity contribution in [2.75, 3.05) is 74.6 Å². The lowest BCUT2D eigenvalue weighted by molar-refractivity contribution is -0.295. The Hall–Kier alpha value is -1.67. The van der Waals surface area contributed by atoms with Gasteiger partial charge in [0.2, 0.25) is 5.91 Å². The maximum atomic E-state index is 14.2. The van der Waals surface area contributed by atoms with E-state index >= 15 is 0 Å². The van der Waals surface area contributed by atoms with Crippen molar-refractivity contribution in [1.82, 2.24) is 19.6 Å². The second kappa shape index (κ2) is 17.0. The SMILES string of the molecule is CCN(C)CCCC(=O)N1CC([C@@H]2COC(=O)C(C)(C)C(=O)[C@H](C)[C@@H](O[C@@H]3O[C@H](C)C[C@H](N(C)C)[C@H]3O)[C@](C)(OC)C[C@@H](C)CN2C)C1. The lowest BCUT2D eigenvalue weighted by Crippen LogP contribution is -2.60. The summed E-state index contributed by atoms with van der Waals surface area (Å²) in [5, 5.41) is 11.3. The molecule has 12 nitrogen and oxygen atoms in total. The first-order chi connectivity index (χ1) is 22.4. The summed E-state index contributed by atoms with van der Waals surface area (Å²) in [5.74, 6) is -1.30. The molecule has 0 aromatic heterocycles. The number of Topliss-reactive ketones (excluding diaryl/α,β-unsaturated/α-hetero) is 1. The van der Waals surface area contributed by atoms with Crippen LogP contribution in [0.1, 0.15) is 74.1 Å². The normalized spacial score (nSPS) is 36.3. The molecule has 3 aliphatic heterocycles. The first-order valence-corrected chi connectivity index (χ1v) is 17.9.